The predicted octanol–water partition coefficient (Wildman–Crippen LogP) is 1.27. The lowest BCUT2D eigenvalue weighted by atomic mass is 10.1. The van der Waals surface area contributed by atoms with Crippen LogP contribution >= 0.6 is 0 Å². The molecule has 1 N–H and O–H groups in total. The third-order valence-corrected chi connectivity index (χ3v) is 1.16. The Morgan fingerprint density at radius 1 is 1.67 bits per heavy atom. The molecule has 2 heteroatoms. The molecule has 1 rings (SSSR count). The highest BCUT2D eigenvalue weighted by atomic mass is 14.9. The standard InChI is InChI=1S/C7H10N2/c1-6(2)7-5-8-3-4-9-7/h3,5-6,8H,1-2H3. The Bertz CT molecular complexity index is 183. The zero-order chi connectivity index (χ0) is 6.69. The van der Waals surface area contributed by atoms with Gasteiger partial charge in [0.2, 0.25) is 0 Å². The molecule has 0 aromatic carbocycles. The highest BCUT2D eigenvalue weighted by molar-refractivity contribution is 5.54. The fourth-order valence-corrected chi connectivity index (χ4v) is 0.599. The van der Waals surface area contributed by atoms with Crippen molar-refractivity contribution in [1.29, 1.82) is 0 Å². The fraction of sp³-hybridized carbons (Fsp3) is 0.429. The van der Waals surface area contributed by atoms with Gasteiger partial charge in [-0.25, -0.2) is 4.99 Å². The summed E-state index contributed by atoms with van der Waals surface area (Å²) in [4.78, 5) is 4.02. The Morgan fingerprint density at radius 3 is 2.78 bits per heavy atom. The molecule has 0 aromatic rings. The lowest BCUT2D eigenvalue weighted by molar-refractivity contribution is 0.748. The maximum Gasteiger partial charge on any atom is 0.0689 e. The highest BCUT2D eigenvalue weighted by Crippen LogP contribution is 2.09. The van der Waals surface area contributed by atoms with Crippen molar-refractivity contribution in [2.75, 3.05) is 0 Å². The zero-order valence-electron chi connectivity index (χ0n) is 5.68. The van der Waals surface area contributed by atoms with Gasteiger partial charge in [0.15, 0.2) is 0 Å². The van der Waals surface area contributed by atoms with E-state index < -0.39 is 0 Å². The Balaban J connectivity index is 2.72. The first kappa shape index (κ1) is 6.12. The molecule has 2 nitrogen and oxygen atoms in total. The predicted molar refractivity (Wildman–Crippen MR) is 38.1 cm³/mol. The number of nitrogens with zero attached hydrogens (tertiary/aromatic N) is 1. The molecule has 1 heterocycles. The van der Waals surface area contributed by atoms with Gasteiger partial charge in [-0.2, -0.15) is 0 Å². The van der Waals surface area contributed by atoms with Gasteiger partial charge in [0.1, 0.15) is 0 Å². The molecule has 0 amide bonds. The van der Waals surface area contributed by atoms with Crippen molar-refractivity contribution in [2.45, 2.75) is 13.8 Å². The first-order chi connectivity index (χ1) is 4.30. The quantitative estimate of drug-likeness (QED) is 0.556. The van der Waals surface area contributed by atoms with Crippen LogP contribution in [0.4, 0.5) is 0 Å². The fourth-order valence-electron chi connectivity index (χ4n) is 0.599. The van der Waals surface area contributed by atoms with Gasteiger partial charge >= 0.3 is 0 Å². The minimum atomic E-state index is 0.485. The topological polar surface area (TPSA) is 24.4 Å². The van der Waals surface area contributed by atoms with Crippen LogP contribution in [0, 0.1) is 5.92 Å². The average Bonchev–Trinajstić information content (AvgIpc) is 1.90. The summed E-state index contributed by atoms with van der Waals surface area (Å²) in [5.41, 5.74) is 1.05. The molecule has 48 valence electrons. The van der Waals surface area contributed by atoms with Gasteiger partial charge in [-0.1, -0.05) is 13.8 Å². The monoisotopic (exact) mass is 122 g/mol. The van der Waals surface area contributed by atoms with Crippen molar-refractivity contribution < 1.29 is 0 Å². The molecular weight excluding hydrogens is 112 g/mol. The van der Waals surface area contributed by atoms with Crippen LogP contribution in [-0.2, 0) is 0 Å². The van der Waals surface area contributed by atoms with E-state index in [1.54, 1.807) is 6.20 Å². The summed E-state index contributed by atoms with van der Waals surface area (Å²) in [6.07, 6.45) is 3.58. The van der Waals surface area contributed by atoms with Gasteiger partial charge in [0.05, 0.1) is 11.9 Å². The molecule has 0 saturated carbocycles. The second-order valence-corrected chi connectivity index (χ2v) is 2.28. The Kier molecular flexibility index (Phi) is 1.71. The summed E-state index contributed by atoms with van der Waals surface area (Å²) >= 11 is 0. The van der Waals surface area contributed by atoms with Crippen molar-refractivity contribution in [2.24, 2.45) is 10.9 Å². The SMILES string of the molecule is CC(C)C1=CNC=C=N1. The largest absolute Gasteiger partial charge is 0.358 e. The summed E-state index contributed by atoms with van der Waals surface area (Å²) in [6.45, 7) is 4.20. The van der Waals surface area contributed by atoms with E-state index in [0.29, 0.717) is 5.92 Å². The molecule has 0 bridgehead atoms. The minimum Gasteiger partial charge on any atom is -0.358 e. The van der Waals surface area contributed by atoms with E-state index in [4.69, 9.17) is 0 Å². The highest BCUT2D eigenvalue weighted by Gasteiger charge is 1.99. The summed E-state index contributed by atoms with van der Waals surface area (Å²) in [5.74, 6) is 3.22. The number of rotatable bonds is 1. The first-order valence-corrected chi connectivity index (χ1v) is 3.05. The summed E-state index contributed by atoms with van der Waals surface area (Å²) in [6, 6.07) is 0. The van der Waals surface area contributed by atoms with Crippen LogP contribution in [0.25, 0.3) is 0 Å². The second-order valence-electron chi connectivity index (χ2n) is 2.28. The van der Waals surface area contributed by atoms with E-state index in [9.17, 15) is 0 Å². The summed E-state index contributed by atoms with van der Waals surface area (Å²) in [7, 11) is 0. The summed E-state index contributed by atoms with van der Waals surface area (Å²) in [5, 5.41) is 2.92. The van der Waals surface area contributed by atoms with E-state index in [1.165, 1.54) is 0 Å². The Labute approximate surface area is 55.0 Å². The van der Waals surface area contributed by atoms with Crippen LogP contribution < -0.4 is 5.32 Å². The normalized spacial score (nSPS) is 15.7. The van der Waals surface area contributed by atoms with Gasteiger partial charge in [-0.3, -0.25) is 0 Å². The van der Waals surface area contributed by atoms with Crippen molar-refractivity contribution >= 4 is 5.87 Å². The third kappa shape index (κ3) is 1.44. The van der Waals surface area contributed by atoms with Crippen LogP contribution in [0.15, 0.2) is 23.1 Å². The van der Waals surface area contributed by atoms with E-state index in [-0.39, 0.29) is 0 Å². The molecule has 1 aliphatic heterocycles. The van der Waals surface area contributed by atoms with Crippen LogP contribution in [0.5, 0.6) is 0 Å². The lowest BCUT2D eigenvalue weighted by Gasteiger charge is -2.05. The molecule has 9 heavy (non-hydrogen) atoms. The molecule has 0 unspecified atom stereocenters. The van der Waals surface area contributed by atoms with Crippen molar-refractivity contribution in [3.63, 3.8) is 0 Å². The van der Waals surface area contributed by atoms with Crippen LogP contribution in [-0.4, -0.2) is 5.87 Å². The zero-order valence-corrected chi connectivity index (χ0v) is 5.68. The van der Waals surface area contributed by atoms with Crippen LogP contribution in [0.3, 0.4) is 0 Å². The molecule has 0 atom stereocenters. The number of allylic oxidation sites excluding steroid dienone is 1. The second kappa shape index (κ2) is 2.51. The molecule has 0 spiro atoms. The number of aliphatic imine (C=N–C) groups is 1. The van der Waals surface area contributed by atoms with E-state index >= 15 is 0 Å². The molecule has 0 saturated heterocycles. The molecule has 0 radical (unpaired) electrons. The molecule has 0 aliphatic carbocycles. The van der Waals surface area contributed by atoms with Crippen LogP contribution in [0.1, 0.15) is 13.8 Å². The first-order valence-electron chi connectivity index (χ1n) is 3.05. The third-order valence-electron chi connectivity index (χ3n) is 1.16. The number of hydrogen-bond acceptors (Lipinski definition) is 2. The Hall–Kier alpha value is -1.01. The maximum atomic E-state index is 4.02. The van der Waals surface area contributed by atoms with Gasteiger partial charge in [0, 0.05) is 12.1 Å². The average molecular weight is 122 g/mol. The molecule has 0 aromatic heterocycles. The van der Waals surface area contributed by atoms with Crippen molar-refractivity contribution in [3.8, 4) is 0 Å². The molecular formula is C7H10N2. The van der Waals surface area contributed by atoms with Gasteiger partial charge < -0.3 is 5.32 Å². The van der Waals surface area contributed by atoms with Gasteiger partial charge in [-0.05, 0) is 5.92 Å². The van der Waals surface area contributed by atoms with Crippen molar-refractivity contribution in [3.05, 3.63) is 18.1 Å². The van der Waals surface area contributed by atoms with Gasteiger partial charge in [-0.15, -0.1) is 0 Å². The van der Waals surface area contributed by atoms with Gasteiger partial charge in [0.25, 0.3) is 0 Å². The lowest BCUT2D eigenvalue weighted by Crippen LogP contribution is -2.02. The van der Waals surface area contributed by atoms with Crippen molar-refractivity contribution in [1.82, 2.24) is 5.32 Å². The maximum absolute atomic E-state index is 4.02. The van der Waals surface area contributed by atoms with E-state index in [0.717, 1.165) is 5.70 Å². The Morgan fingerprint density at radius 2 is 2.44 bits per heavy atom. The smallest absolute Gasteiger partial charge is 0.0689 e. The number of hydrogen-bond donors (Lipinski definition) is 1. The summed E-state index contributed by atoms with van der Waals surface area (Å²) < 4.78 is 0. The number of nitrogens with one attached hydrogen (secondary N) is 1. The van der Waals surface area contributed by atoms with Crippen LogP contribution in [0.2, 0.25) is 0 Å². The minimum absolute atomic E-state index is 0.485. The molecule has 0 fully saturated rings. The van der Waals surface area contributed by atoms with E-state index in [2.05, 4.69) is 30.0 Å². The molecule has 1 aliphatic rings. The van der Waals surface area contributed by atoms with E-state index in [1.807, 2.05) is 6.20 Å².